The molecule has 104 valence electrons. The fourth-order valence-electron chi connectivity index (χ4n) is 2.28. The van der Waals surface area contributed by atoms with Crippen molar-refractivity contribution >= 4 is 22.6 Å². The van der Waals surface area contributed by atoms with Crippen LogP contribution in [0.4, 0.5) is 5.69 Å². The highest BCUT2D eigenvalue weighted by molar-refractivity contribution is 5.97. The maximum absolute atomic E-state index is 11.3. The molecular formula is C15H10N2O4. The molecule has 2 N–H and O–H groups in total. The van der Waals surface area contributed by atoms with Crippen LogP contribution in [0.5, 0.6) is 0 Å². The van der Waals surface area contributed by atoms with Crippen LogP contribution in [-0.4, -0.2) is 21.0 Å². The zero-order chi connectivity index (χ0) is 15.0. The molecule has 2 aromatic carbocycles. The van der Waals surface area contributed by atoms with Crippen LogP contribution >= 0.6 is 0 Å². The molecule has 0 fully saturated rings. The van der Waals surface area contributed by atoms with E-state index in [9.17, 15) is 20.0 Å². The van der Waals surface area contributed by atoms with Gasteiger partial charge in [-0.25, -0.2) is 4.79 Å². The molecule has 3 rings (SSSR count). The third-order valence-corrected chi connectivity index (χ3v) is 3.26. The number of nitro groups is 1. The van der Waals surface area contributed by atoms with Crippen molar-refractivity contribution in [2.24, 2.45) is 0 Å². The summed E-state index contributed by atoms with van der Waals surface area (Å²) in [6, 6.07) is 12.8. The second-order valence-corrected chi connectivity index (χ2v) is 4.56. The summed E-state index contributed by atoms with van der Waals surface area (Å²) in [6.45, 7) is 0. The van der Waals surface area contributed by atoms with Crippen LogP contribution in [0.15, 0.2) is 48.5 Å². The average molecular weight is 282 g/mol. The van der Waals surface area contributed by atoms with E-state index in [1.165, 1.54) is 18.2 Å². The van der Waals surface area contributed by atoms with Crippen molar-refractivity contribution in [1.82, 2.24) is 4.98 Å². The highest BCUT2D eigenvalue weighted by Crippen LogP contribution is 2.29. The molecule has 6 nitrogen and oxygen atoms in total. The molecule has 21 heavy (non-hydrogen) atoms. The topological polar surface area (TPSA) is 96.2 Å². The normalized spacial score (nSPS) is 10.7. The number of fused-ring (bicyclic) bond motifs is 1. The summed E-state index contributed by atoms with van der Waals surface area (Å²) in [5, 5.41) is 20.7. The van der Waals surface area contributed by atoms with Gasteiger partial charge >= 0.3 is 5.97 Å². The average Bonchev–Trinajstić information content (AvgIpc) is 2.89. The summed E-state index contributed by atoms with van der Waals surface area (Å²) >= 11 is 0. The predicted molar refractivity (Wildman–Crippen MR) is 77.3 cm³/mol. The molecule has 0 atom stereocenters. The van der Waals surface area contributed by atoms with E-state index in [4.69, 9.17) is 0 Å². The van der Waals surface area contributed by atoms with Gasteiger partial charge in [-0.2, -0.15) is 0 Å². The summed E-state index contributed by atoms with van der Waals surface area (Å²) in [6.07, 6.45) is 0. The summed E-state index contributed by atoms with van der Waals surface area (Å²) in [7, 11) is 0. The Morgan fingerprint density at radius 1 is 1.14 bits per heavy atom. The van der Waals surface area contributed by atoms with Crippen LogP contribution in [0.2, 0.25) is 0 Å². The highest BCUT2D eigenvalue weighted by Gasteiger charge is 2.14. The second kappa shape index (κ2) is 4.75. The molecule has 1 heterocycles. The first-order valence-electron chi connectivity index (χ1n) is 6.16. The molecule has 0 aliphatic heterocycles. The molecule has 0 spiro atoms. The number of hydrogen-bond donors (Lipinski definition) is 2. The molecule has 0 aliphatic rings. The Morgan fingerprint density at radius 2 is 1.90 bits per heavy atom. The Bertz CT molecular complexity index is 867. The predicted octanol–water partition coefficient (Wildman–Crippen LogP) is 3.44. The number of non-ortho nitro benzene ring substituents is 1. The Balaban J connectivity index is 2.18. The first-order valence-corrected chi connectivity index (χ1v) is 6.16. The smallest absolute Gasteiger partial charge is 0.336 e. The van der Waals surface area contributed by atoms with Crippen LogP contribution in [0.3, 0.4) is 0 Å². The summed E-state index contributed by atoms with van der Waals surface area (Å²) < 4.78 is 0. The number of rotatable bonds is 3. The first-order chi connectivity index (χ1) is 10.1. The molecular weight excluding hydrogens is 272 g/mol. The minimum atomic E-state index is -1.02. The van der Waals surface area contributed by atoms with Crippen LogP contribution in [0.1, 0.15) is 10.4 Å². The summed E-state index contributed by atoms with van der Waals surface area (Å²) in [5.41, 5.74) is 2.06. The van der Waals surface area contributed by atoms with Crippen LogP contribution < -0.4 is 0 Å². The lowest BCUT2D eigenvalue weighted by Gasteiger charge is -2.02. The van der Waals surface area contributed by atoms with E-state index < -0.39 is 10.9 Å². The first kappa shape index (κ1) is 12.9. The van der Waals surface area contributed by atoms with Gasteiger partial charge in [-0.15, -0.1) is 0 Å². The van der Waals surface area contributed by atoms with Crippen molar-refractivity contribution in [1.29, 1.82) is 0 Å². The van der Waals surface area contributed by atoms with Crippen molar-refractivity contribution in [2.75, 3.05) is 0 Å². The van der Waals surface area contributed by atoms with Gasteiger partial charge in [-0.3, -0.25) is 10.1 Å². The standard InChI is InChI=1S/C15H10N2O4/c18-15(19)12-4-2-1-3-11(12)14-8-9-7-10(17(20)21)5-6-13(9)16-14/h1-8,16H,(H,18,19). The molecule has 0 saturated carbocycles. The molecule has 0 unspecified atom stereocenters. The Labute approximate surface area is 118 Å². The summed E-state index contributed by atoms with van der Waals surface area (Å²) in [4.78, 5) is 24.7. The lowest BCUT2D eigenvalue weighted by molar-refractivity contribution is -0.384. The SMILES string of the molecule is O=C(O)c1ccccc1-c1cc2cc([N+](=O)[O-])ccc2[nH]1. The van der Waals surface area contributed by atoms with E-state index in [0.29, 0.717) is 16.6 Å². The third kappa shape index (κ3) is 2.23. The van der Waals surface area contributed by atoms with E-state index in [1.54, 1.807) is 30.3 Å². The number of nitrogens with one attached hydrogen (secondary N) is 1. The zero-order valence-corrected chi connectivity index (χ0v) is 10.7. The van der Waals surface area contributed by atoms with E-state index in [0.717, 1.165) is 5.52 Å². The molecule has 0 amide bonds. The second-order valence-electron chi connectivity index (χ2n) is 4.56. The molecule has 6 heteroatoms. The number of benzene rings is 2. The molecule has 0 bridgehead atoms. The van der Waals surface area contributed by atoms with Gasteiger partial charge in [0.05, 0.1) is 10.5 Å². The van der Waals surface area contributed by atoms with E-state index in [-0.39, 0.29) is 11.3 Å². The molecule has 0 aliphatic carbocycles. The van der Waals surface area contributed by atoms with Crippen molar-refractivity contribution < 1.29 is 14.8 Å². The quantitative estimate of drug-likeness (QED) is 0.568. The van der Waals surface area contributed by atoms with Gasteiger partial charge in [0.25, 0.3) is 5.69 Å². The number of nitrogens with zero attached hydrogens (tertiary/aromatic N) is 1. The van der Waals surface area contributed by atoms with Crippen molar-refractivity contribution in [3.63, 3.8) is 0 Å². The Kier molecular flexibility index (Phi) is 2.91. The third-order valence-electron chi connectivity index (χ3n) is 3.26. The molecule has 1 aromatic heterocycles. The lowest BCUT2D eigenvalue weighted by Crippen LogP contribution is -1.98. The van der Waals surface area contributed by atoms with Gasteiger partial charge in [0.15, 0.2) is 0 Å². The van der Waals surface area contributed by atoms with E-state index in [2.05, 4.69) is 4.98 Å². The van der Waals surface area contributed by atoms with Crippen LogP contribution in [-0.2, 0) is 0 Å². The minimum Gasteiger partial charge on any atom is -0.478 e. The number of nitro benzene ring substituents is 1. The van der Waals surface area contributed by atoms with Crippen molar-refractivity contribution in [3.05, 3.63) is 64.2 Å². The van der Waals surface area contributed by atoms with Gasteiger partial charge in [0.1, 0.15) is 0 Å². The summed E-state index contributed by atoms with van der Waals surface area (Å²) in [5.74, 6) is -1.02. The number of hydrogen-bond acceptors (Lipinski definition) is 3. The molecule has 3 aromatic rings. The largest absolute Gasteiger partial charge is 0.478 e. The highest BCUT2D eigenvalue weighted by atomic mass is 16.6. The zero-order valence-electron chi connectivity index (χ0n) is 10.7. The van der Waals surface area contributed by atoms with Crippen LogP contribution in [0, 0.1) is 10.1 Å². The van der Waals surface area contributed by atoms with Crippen molar-refractivity contribution in [3.8, 4) is 11.3 Å². The van der Waals surface area contributed by atoms with Crippen LogP contribution in [0.25, 0.3) is 22.2 Å². The van der Waals surface area contributed by atoms with Gasteiger partial charge in [0.2, 0.25) is 0 Å². The maximum Gasteiger partial charge on any atom is 0.336 e. The Morgan fingerprint density at radius 3 is 2.62 bits per heavy atom. The molecule has 0 radical (unpaired) electrons. The fraction of sp³-hybridized carbons (Fsp3) is 0. The van der Waals surface area contributed by atoms with Gasteiger partial charge in [-0.05, 0) is 18.2 Å². The Hall–Kier alpha value is -3.15. The number of aromatic nitrogens is 1. The number of carboxylic acids is 1. The van der Waals surface area contributed by atoms with Crippen molar-refractivity contribution in [2.45, 2.75) is 0 Å². The number of carbonyl (C=O) groups is 1. The van der Waals surface area contributed by atoms with Gasteiger partial charge in [0, 0.05) is 34.3 Å². The lowest BCUT2D eigenvalue weighted by atomic mass is 10.0. The maximum atomic E-state index is 11.3. The minimum absolute atomic E-state index is 0.000398. The fourth-order valence-corrected chi connectivity index (χ4v) is 2.28. The van der Waals surface area contributed by atoms with Gasteiger partial charge in [-0.1, -0.05) is 18.2 Å². The monoisotopic (exact) mass is 282 g/mol. The van der Waals surface area contributed by atoms with Gasteiger partial charge < -0.3 is 10.1 Å². The number of aromatic carboxylic acids is 1. The van der Waals surface area contributed by atoms with E-state index >= 15 is 0 Å². The number of carboxylic acid groups (broad SMARTS) is 1. The number of H-pyrrole nitrogens is 1. The molecule has 0 saturated heterocycles. The number of aromatic amines is 1. The van der Waals surface area contributed by atoms with E-state index in [1.807, 2.05) is 0 Å².